The summed E-state index contributed by atoms with van der Waals surface area (Å²) < 4.78 is 10.6. The Kier molecular flexibility index (Phi) is 6.24. The minimum atomic E-state index is -0.216. The quantitative estimate of drug-likeness (QED) is 0.816. The average molecular weight is 327 g/mol. The molecule has 0 aliphatic carbocycles. The number of benzene rings is 2. The summed E-state index contributed by atoms with van der Waals surface area (Å²) >= 11 is 0. The first-order valence-corrected chi connectivity index (χ1v) is 8.18. The fraction of sp³-hybridized carbons (Fsp3) is 0.350. The Hall–Kier alpha value is -2.49. The van der Waals surface area contributed by atoms with E-state index in [9.17, 15) is 4.79 Å². The molecule has 24 heavy (non-hydrogen) atoms. The van der Waals surface area contributed by atoms with Gasteiger partial charge >= 0.3 is 0 Å². The van der Waals surface area contributed by atoms with E-state index in [1.807, 2.05) is 30.3 Å². The van der Waals surface area contributed by atoms with Crippen molar-refractivity contribution in [2.24, 2.45) is 5.92 Å². The van der Waals surface area contributed by atoms with Crippen LogP contribution in [0.4, 0.5) is 5.69 Å². The summed E-state index contributed by atoms with van der Waals surface area (Å²) in [5, 5.41) is 3.01. The number of amides is 1. The number of anilines is 1. The van der Waals surface area contributed by atoms with Crippen LogP contribution in [-0.4, -0.2) is 20.1 Å². The van der Waals surface area contributed by atoms with Crippen molar-refractivity contribution < 1.29 is 14.3 Å². The molecule has 2 aromatic rings. The maximum absolute atomic E-state index is 13.0. The van der Waals surface area contributed by atoms with Gasteiger partial charge in [0.2, 0.25) is 5.91 Å². The third-order valence-corrected chi connectivity index (χ3v) is 4.32. The summed E-state index contributed by atoms with van der Waals surface area (Å²) in [5.74, 6) is 1.25. The molecule has 0 aliphatic heterocycles. The van der Waals surface area contributed by atoms with Crippen LogP contribution in [0.2, 0.25) is 0 Å². The van der Waals surface area contributed by atoms with Crippen LogP contribution in [0.15, 0.2) is 48.5 Å². The third-order valence-electron chi connectivity index (χ3n) is 4.32. The molecule has 2 rings (SSSR count). The van der Waals surface area contributed by atoms with Crippen LogP contribution in [-0.2, 0) is 4.79 Å². The first-order chi connectivity index (χ1) is 11.6. The van der Waals surface area contributed by atoms with Crippen molar-refractivity contribution in [3.8, 4) is 11.5 Å². The molecule has 4 nitrogen and oxygen atoms in total. The van der Waals surface area contributed by atoms with Gasteiger partial charge in [0, 0.05) is 6.07 Å². The van der Waals surface area contributed by atoms with Gasteiger partial charge in [0.25, 0.3) is 0 Å². The molecule has 0 spiro atoms. The summed E-state index contributed by atoms with van der Waals surface area (Å²) in [6, 6.07) is 15.2. The normalized spacial score (nSPS) is 13.0. The number of nitrogens with one attached hydrogen (secondary N) is 1. The van der Waals surface area contributed by atoms with Crippen LogP contribution < -0.4 is 14.8 Å². The van der Waals surface area contributed by atoms with Gasteiger partial charge in [-0.2, -0.15) is 0 Å². The summed E-state index contributed by atoms with van der Waals surface area (Å²) in [5.41, 5.74) is 1.64. The number of hydrogen-bond donors (Lipinski definition) is 1. The lowest BCUT2D eigenvalue weighted by Crippen LogP contribution is -2.26. The standard InChI is InChI=1S/C20H25NO3/c1-5-14(2)19(15-9-7-6-8-10-15)20(22)21-17-13-16(23-3)11-12-18(17)24-4/h6-14,19H,5H2,1-4H3,(H,21,22)/t14-,19+/m0/s1. The molecule has 0 saturated carbocycles. The number of carbonyl (C=O) groups is 1. The highest BCUT2D eigenvalue weighted by Crippen LogP contribution is 2.32. The molecule has 4 heteroatoms. The smallest absolute Gasteiger partial charge is 0.232 e. The minimum absolute atomic E-state index is 0.0397. The van der Waals surface area contributed by atoms with Gasteiger partial charge in [-0.15, -0.1) is 0 Å². The van der Waals surface area contributed by atoms with Crippen molar-refractivity contribution >= 4 is 11.6 Å². The molecule has 128 valence electrons. The van der Waals surface area contributed by atoms with Gasteiger partial charge in [-0.1, -0.05) is 50.6 Å². The molecular weight excluding hydrogens is 302 g/mol. The zero-order valence-corrected chi connectivity index (χ0v) is 14.7. The number of ether oxygens (including phenoxy) is 2. The summed E-state index contributed by atoms with van der Waals surface area (Å²) in [6.07, 6.45) is 0.919. The van der Waals surface area contributed by atoms with E-state index in [0.717, 1.165) is 12.0 Å². The van der Waals surface area contributed by atoms with Gasteiger partial charge in [0.15, 0.2) is 0 Å². The van der Waals surface area contributed by atoms with Crippen molar-refractivity contribution in [1.82, 2.24) is 0 Å². The molecule has 0 aliphatic rings. The topological polar surface area (TPSA) is 47.6 Å². The van der Waals surface area contributed by atoms with E-state index in [0.29, 0.717) is 17.2 Å². The van der Waals surface area contributed by atoms with Crippen LogP contribution >= 0.6 is 0 Å². The highest BCUT2D eigenvalue weighted by molar-refractivity contribution is 5.97. The molecule has 2 atom stereocenters. The van der Waals surface area contributed by atoms with E-state index in [1.54, 1.807) is 32.4 Å². The van der Waals surface area contributed by atoms with E-state index < -0.39 is 0 Å². The minimum Gasteiger partial charge on any atom is -0.497 e. The highest BCUT2D eigenvalue weighted by Gasteiger charge is 2.26. The van der Waals surface area contributed by atoms with Crippen LogP contribution in [0.3, 0.4) is 0 Å². The Morgan fingerprint density at radius 2 is 1.79 bits per heavy atom. The second kappa shape index (κ2) is 8.39. The monoisotopic (exact) mass is 327 g/mol. The van der Waals surface area contributed by atoms with E-state index in [1.165, 1.54) is 0 Å². The van der Waals surface area contributed by atoms with Crippen LogP contribution in [0.25, 0.3) is 0 Å². The van der Waals surface area contributed by atoms with Crippen LogP contribution in [0.5, 0.6) is 11.5 Å². The third kappa shape index (κ3) is 4.07. The Morgan fingerprint density at radius 1 is 1.08 bits per heavy atom. The van der Waals surface area contributed by atoms with Gasteiger partial charge in [0.05, 0.1) is 25.8 Å². The second-order valence-corrected chi connectivity index (χ2v) is 5.83. The molecule has 0 heterocycles. The van der Waals surface area contributed by atoms with Crippen molar-refractivity contribution in [2.45, 2.75) is 26.2 Å². The Labute approximate surface area is 143 Å². The molecule has 2 aromatic carbocycles. The number of methoxy groups -OCH3 is 2. The fourth-order valence-corrected chi connectivity index (χ4v) is 2.76. The molecule has 1 amide bonds. The SMILES string of the molecule is CC[C@H](C)[C@@H](C(=O)Nc1cc(OC)ccc1OC)c1ccccc1. The van der Waals surface area contributed by atoms with Crippen molar-refractivity contribution in [2.75, 3.05) is 19.5 Å². The Balaban J connectivity index is 2.31. The van der Waals surface area contributed by atoms with Gasteiger partial charge in [0.1, 0.15) is 11.5 Å². The van der Waals surface area contributed by atoms with E-state index >= 15 is 0 Å². The number of rotatable bonds is 7. The molecule has 0 saturated heterocycles. The molecule has 0 aromatic heterocycles. The first kappa shape index (κ1) is 17.9. The summed E-state index contributed by atoms with van der Waals surface area (Å²) in [4.78, 5) is 13.0. The molecule has 0 fully saturated rings. The number of carbonyl (C=O) groups excluding carboxylic acids is 1. The van der Waals surface area contributed by atoms with Crippen LogP contribution in [0.1, 0.15) is 31.7 Å². The Morgan fingerprint density at radius 3 is 2.38 bits per heavy atom. The molecule has 0 bridgehead atoms. The van der Waals surface area contributed by atoms with E-state index in [2.05, 4.69) is 19.2 Å². The maximum Gasteiger partial charge on any atom is 0.232 e. The lowest BCUT2D eigenvalue weighted by atomic mass is 9.85. The fourth-order valence-electron chi connectivity index (χ4n) is 2.76. The first-order valence-electron chi connectivity index (χ1n) is 8.18. The van der Waals surface area contributed by atoms with Crippen LogP contribution in [0, 0.1) is 5.92 Å². The zero-order chi connectivity index (χ0) is 17.5. The largest absolute Gasteiger partial charge is 0.497 e. The molecule has 0 unspecified atom stereocenters. The second-order valence-electron chi connectivity index (χ2n) is 5.83. The summed E-state index contributed by atoms with van der Waals surface area (Å²) in [7, 11) is 3.18. The highest BCUT2D eigenvalue weighted by atomic mass is 16.5. The average Bonchev–Trinajstić information content (AvgIpc) is 2.62. The molecule has 1 N–H and O–H groups in total. The predicted octanol–water partition coefficient (Wildman–Crippen LogP) is 4.47. The molecule has 0 radical (unpaired) electrons. The van der Waals surface area contributed by atoms with Gasteiger partial charge in [-0.25, -0.2) is 0 Å². The van der Waals surface area contributed by atoms with E-state index in [-0.39, 0.29) is 17.7 Å². The lowest BCUT2D eigenvalue weighted by Gasteiger charge is -2.23. The Bertz CT molecular complexity index is 670. The number of hydrogen-bond acceptors (Lipinski definition) is 3. The van der Waals surface area contributed by atoms with Crippen molar-refractivity contribution in [1.29, 1.82) is 0 Å². The van der Waals surface area contributed by atoms with Gasteiger partial charge in [-0.05, 0) is 23.6 Å². The maximum atomic E-state index is 13.0. The van der Waals surface area contributed by atoms with Crippen molar-refractivity contribution in [3.05, 3.63) is 54.1 Å². The summed E-state index contributed by atoms with van der Waals surface area (Å²) in [6.45, 7) is 4.19. The van der Waals surface area contributed by atoms with Gasteiger partial charge in [-0.3, -0.25) is 4.79 Å². The lowest BCUT2D eigenvalue weighted by molar-refractivity contribution is -0.118. The molecular formula is C20H25NO3. The predicted molar refractivity (Wildman–Crippen MR) is 96.8 cm³/mol. The zero-order valence-electron chi connectivity index (χ0n) is 14.7. The van der Waals surface area contributed by atoms with E-state index in [4.69, 9.17) is 9.47 Å². The van der Waals surface area contributed by atoms with Gasteiger partial charge < -0.3 is 14.8 Å². The van der Waals surface area contributed by atoms with Crippen molar-refractivity contribution in [3.63, 3.8) is 0 Å².